The lowest BCUT2D eigenvalue weighted by atomic mass is 10.3. The predicted molar refractivity (Wildman–Crippen MR) is 90.8 cm³/mol. The third kappa shape index (κ3) is 4.53. The lowest BCUT2D eigenvalue weighted by Gasteiger charge is -2.18. The van der Waals surface area contributed by atoms with Crippen LogP contribution in [0.5, 0.6) is 0 Å². The highest BCUT2D eigenvalue weighted by Gasteiger charge is 2.34. The van der Waals surface area contributed by atoms with E-state index in [-0.39, 0.29) is 24.0 Å². The molecule has 1 aromatic heterocycles. The Hall–Kier alpha value is -0.900. The molecular formula is C13H23IN6O. The molecule has 2 heterocycles. The smallest absolute Gasteiger partial charge is 0.246 e. The molecule has 1 saturated heterocycles. The summed E-state index contributed by atoms with van der Waals surface area (Å²) in [6.07, 6.45) is 3.92. The Bertz CT molecular complexity index is 487. The number of halogens is 1. The Morgan fingerprint density at radius 3 is 2.86 bits per heavy atom. The van der Waals surface area contributed by atoms with Crippen LogP contribution in [-0.2, 0) is 6.54 Å². The maximum Gasteiger partial charge on any atom is 0.246 e. The average molecular weight is 406 g/mol. The molecule has 1 saturated carbocycles. The molecule has 1 aliphatic carbocycles. The van der Waals surface area contributed by atoms with Crippen molar-refractivity contribution in [2.45, 2.75) is 44.8 Å². The molecule has 0 amide bonds. The zero-order valence-electron chi connectivity index (χ0n) is 12.5. The highest BCUT2D eigenvalue weighted by Crippen LogP contribution is 2.29. The minimum Gasteiger partial charge on any atom is -0.352 e. The zero-order chi connectivity index (χ0) is 13.9. The average Bonchev–Trinajstić information content (AvgIpc) is 3.06. The van der Waals surface area contributed by atoms with Crippen molar-refractivity contribution >= 4 is 29.9 Å². The van der Waals surface area contributed by atoms with Crippen LogP contribution in [0.25, 0.3) is 0 Å². The van der Waals surface area contributed by atoms with Gasteiger partial charge in [0, 0.05) is 32.2 Å². The molecule has 21 heavy (non-hydrogen) atoms. The fraction of sp³-hybridized carbons (Fsp3) is 0.769. The molecule has 1 aromatic rings. The normalized spacial score (nSPS) is 23.0. The summed E-state index contributed by atoms with van der Waals surface area (Å²) in [4.78, 5) is 11.0. The van der Waals surface area contributed by atoms with Gasteiger partial charge in [0.1, 0.15) is 0 Å². The molecule has 0 aromatic carbocycles. The van der Waals surface area contributed by atoms with E-state index < -0.39 is 0 Å². The summed E-state index contributed by atoms with van der Waals surface area (Å²) < 4.78 is 5.07. The first-order chi connectivity index (χ1) is 9.74. The van der Waals surface area contributed by atoms with Crippen LogP contribution in [0.3, 0.4) is 0 Å². The Morgan fingerprint density at radius 2 is 2.24 bits per heavy atom. The van der Waals surface area contributed by atoms with Gasteiger partial charge in [0.15, 0.2) is 11.8 Å². The number of hydrogen-bond acceptors (Lipinski definition) is 5. The van der Waals surface area contributed by atoms with Gasteiger partial charge in [-0.2, -0.15) is 4.98 Å². The van der Waals surface area contributed by atoms with Crippen molar-refractivity contribution in [2.75, 3.05) is 20.1 Å². The van der Waals surface area contributed by atoms with Crippen LogP contribution in [-0.4, -0.2) is 53.2 Å². The molecule has 0 spiro atoms. The van der Waals surface area contributed by atoms with Gasteiger partial charge in [0.05, 0.1) is 6.54 Å². The van der Waals surface area contributed by atoms with Crippen molar-refractivity contribution in [3.63, 3.8) is 0 Å². The first-order valence-electron chi connectivity index (χ1n) is 7.25. The lowest BCUT2D eigenvalue weighted by Crippen LogP contribution is -2.44. The van der Waals surface area contributed by atoms with E-state index in [9.17, 15) is 0 Å². The number of hydrogen-bond donors (Lipinski definition) is 2. The first-order valence-corrected chi connectivity index (χ1v) is 7.25. The van der Waals surface area contributed by atoms with Crippen LogP contribution >= 0.6 is 24.0 Å². The van der Waals surface area contributed by atoms with Crippen LogP contribution in [0.2, 0.25) is 0 Å². The number of aromatic nitrogens is 2. The van der Waals surface area contributed by atoms with Crippen LogP contribution in [0.15, 0.2) is 9.52 Å². The van der Waals surface area contributed by atoms with Gasteiger partial charge in [-0.3, -0.25) is 9.89 Å². The SMILES string of the molecule is CN=C(NCc1nc(C)no1)NC1CCN(C2CC2)C1.I. The van der Waals surface area contributed by atoms with E-state index in [0.29, 0.717) is 24.3 Å². The number of guanidine groups is 1. The Morgan fingerprint density at radius 1 is 1.43 bits per heavy atom. The van der Waals surface area contributed by atoms with Crippen molar-refractivity contribution in [3.05, 3.63) is 11.7 Å². The lowest BCUT2D eigenvalue weighted by molar-refractivity contribution is 0.321. The van der Waals surface area contributed by atoms with Gasteiger partial charge in [-0.25, -0.2) is 0 Å². The van der Waals surface area contributed by atoms with Crippen molar-refractivity contribution in [2.24, 2.45) is 4.99 Å². The number of nitrogens with one attached hydrogen (secondary N) is 2. The monoisotopic (exact) mass is 406 g/mol. The Labute approximate surface area is 142 Å². The van der Waals surface area contributed by atoms with Crippen molar-refractivity contribution in [3.8, 4) is 0 Å². The number of aryl methyl sites for hydroxylation is 1. The molecule has 2 aliphatic rings. The van der Waals surface area contributed by atoms with Crippen LogP contribution in [0.4, 0.5) is 0 Å². The molecular weight excluding hydrogens is 383 g/mol. The topological polar surface area (TPSA) is 78.6 Å². The standard InChI is InChI=1S/C13H22N6O.HI/c1-9-16-12(20-18-9)7-15-13(14-2)17-10-5-6-19(8-10)11-3-4-11;/h10-11H,3-8H2,1-2H3,(H2,14,15,17);1H. The third-order valence-electron chi connectivity index (χ3n) is 3.82. The van der Waals surface area contributed by atoms with Gasteiger partial charge in [0.25, 0.3) is 0 Å². The van der Waals surface area contributed by atoms with Gasteiger partial charge in [-0.05, 0) is 26.2 Å². The summed E-state index contributed by atoms with van der Waals surface area (Å²) >= 11 is 0. The van der Waals surface area contributed by atoms with Gasteiger partial charge >= 0.3 is 0 Å². The van der Waals surface area contributed by atoms with E-state index in [1.165, 1.54) is 25.8 Å². The highest BCUT2D eigenvalue weighted by atomic mass is 127. The van der Waals surface area contributed by atoms with Crippen LogP contribution < -0.4 is 10.6 Å². The molecule has 3 rings (SSSR count). The van der Waals surface area contributed by atoms with E-state index >= 15 is 0 Å². The summed E-state index contributed by atoms with van der Waals surface area (Å²) in [5, 5.41) is 10.4. The first kappa shape index (κ1) is 16.5. The van der Waals surface area contributed by atoms with Gasteiger partial charge in [-0.1, -0.05) is 5.16 Å². The van der Waals surface area contributed by atoms with Crippen molar-refractivity contribution in [1.29, 1.82) is 0 Å². The fourth-order valence-electron chi connectivity index (χ4n) is 2.64. The highest BCUT2D eigenvalue weighted by molar-refractivity contribution is 14.0. The maximum atomic E-state index is 5.07. The zero-order valence-corrected chi connectivity index (χ0v) is 14.8. The third-order valence-corrected chi connectivity index (χ3v) is 3.82. The van der Waals surface area contributed by atoms with Gasteiger partial charge in [0.2, 0.25) is 5.89 Å². The molecule has 1 unspecified atom stereocenters. The van der Waals surface area contributed by atoms with Crippen LogP contribution in [0, 0.1) is 6.92 Å². The molecule has 118 valence electrons. The molecule has 0 radical (unpaired) electrons. The number of aliphatic imine (C=N–C) groups is 1. The molecule has 8 heteroatoms. The molecule has 2 N–H and O–H groups in total. The van der Waals surface area contributed by atoms with E-state index in [0.717, 1.165) is 18.5 Å². The minimum absolute atomic E-state index is 0. The summed E-state index contributed by atoms with van der Waals surface area (Å²) in [5.41, 5.74) is 0. The van der Waals surface area contributed by atoms with E-state index in [2.05, 4.69) is 30.7 Å². The molecule has 2 fully saturated rings. The molecule has 0 bridgehead atoms. The molecule has 1 atom stereocenters. The molecule has 7 nitrogen and oxygen atoms in total. The van der Waals surface area contributed by atoms with Gasteiger partial charge < -0.3 is 15.2 Å². The molecule has 1 aliphatic heterocycles. The summed E-state index contributed by atoms with van der Waals surface area (Å²) in [7, 11) is 1.78. The second kappa shape index (κ2) is 7.39. The second-order valence-corrected chi connectivity index (χ2v) is 5.52. The van der Waals surface area contributed by atoms with E-state index in [1.807, 2.05) is 6.92 Å². The minimum atomic E-state index is 0. The largest absolute Gasteiger partial charge is 0.352 e. The summed E-state index contributed by atoms with van der Waals surface area (Å²) in [6, 6.07) is 1.32. The quantitative estimate of drug-likeness (QED) is 0.440. The summed E-state index contributed by atoms with van der Waals surface area (Å²) in [5.74, 6) is 2.03. The maximum absolute atomic E-state index is 5.07. The predicted octanol–water partition coefficient (Wildman–Crippen LogP) is 0.898. The Balaban J connectivity index is 0.00000161. The number of likely N-dealkylation sites (tertiary alicyclic amines) is 1. The summed E-state index contributed by atoms with van der Waals surface area (Å²) in [6.45, 7) is 4.62. The van der Waals surface area contributed by atoms with E-state index in [1.54, 1.807) is 7.05 Å². The number of nitrogens with zero attached hydrogens (tertiary/aromatic N) is 4. The Kier molecular flexibility index (Phi) is 5.80. The second-order valence-electron chi connectivity index (χ2n) is 5.52. The van der Waals surface area contributed by atoms with Crippen LogP contribution in [0.1, 0.15) is 31.0 Å². The number of rotatable bonds is 4. The van der Waals surface area contributed by atoms with E-state index in [4.69, 9.17) is 4.52 Å². The van der Waals surface area contributed by atoms with Crippen molar-refractivity contribution in [1.82, 2.24) is 25.7 Å². The van der Waals surface area contributed by atoms with Crippen molar-refractivity contribution < 1.29 is 4.52 Å². The fourth-order valence-corrected chi connectivity index (χ4v) is 2.64. The van der Waals surface area contributed by atoms with Gasteiger partial charge in [-0.15, -0.1) is 24.0 Å².